The molecule has 2 heterocycles. The van der Waals surface area contributed by atoms with Gasteiger partial charge >= 0.3 is 0 Å². The highest BCUT2D eigenvalue weighted by Crippen LogP contribution is 2.31. The van der Waals surface area contributed by atoms with Crippen molar-refractivity contribution < 1.29 is 18.6 Å². The summed E-state index contributed by atoms with van der Waals surface area (Å²) in [4.78, 5) is 3.30. The lowest BCUT2D eigenvalue weighted by Crippen LogP contribution is -2.16. The normalized spacial score (nSPS) is 22.3. The Morgan fingerprint density at radius 1 is 0.733 bits per heavy atom. The lowest BCUT2D eigenvalue weighted by molar-refractivity contribution is 0.148. The first-order valence-corrected chi connectivity index (χ1v) is 12.9. The van der Waals surface area contributed by atoms with Crippen LogP contribution < -0.4 is 0 Å². The Morgan fingerprint density at radius 2 is 1.10 bits per heavy atom. The van der Waals surface area contributed by atoms with Crippen molar-refractivity contribution in [2.75, 3.05) is 13.2 Å². The average Bonchev–Trinajstić information content (AvgIpc) is 3.23. The maximum absolute atomic E-state index is 12.7. The van der Waals surface area contributed by atoms with Crippen molar-refractivity contribution in [3.05, 3.63) is 56.1 Å². The number of rotatable bonds is 12. The van der Waals surface area contributed by atoms with Crippen LogP contribution in [-0.2, 0) is 21.6 Å². The molecule has 6 heteroatoms. The van der Waals surface area contributed by atoms with E-state index in [1.807, 2.05) is 64.2 Å². The topological polar surface area (TPSA) is 74.6 Å². The van der Waals surface area contributed by atoms with Crippen LogP contribution in [0.4, 0.5) is 0 Å². The first kappa shape index (κ1) is 25.2. The van der Waals surface area contributed by atoms with Gasteiger partial charge in [0.2, 0.25) is 0 Å². The van der Waals surface area contributed by atoms with Crippen LogP contribution in [0.5, 0.6) is 0 Å². The van der Waals surface area contributed by atoms with Crippen molar-refractivity contribution in [1.29, 1.82) is 0 Å². The van der Waals surface area contributed by atoms with Crippen molar-refractivity contribution in [2.45, 2.75) is 66.2 Å². The van der Waals surface area contributed by atoms with Gasteiger partial charge in [-0.3, -0.25) is 0 Å². The first-order chi connectivity index (χ1) is 14.1. The maximum atomic E-state index is 12.7. The predicted molar refractivity (Wildman–Crippen MR) is 127 cm³/mol. The summed E-state index contributed by atoms with van der Waals surface area (Å²) in [6.45, 7) is 8.44. The summed E-state index contributed by atoms with van der Waals surface area (Å²) in [6.07, 6.45) is 16.3. The molecule has 0 aliphatic carbocycles. The van der Waals surface area contributed by atoms with Gasteiger partial charge in [0.15, 0.2) is 0 Å². The maximum Gasteiger partial charge on any atom is 0.0808 e. The Hall–Kier alpha value is -1.08. The minimum Gasteiger partial charge on any atom is -0.396 e. The molecule has 2 aliphatic heterocycles. The van der Waals surface area contributed by atoms with Crippen LogP contribution in [0.2, 0.25) is 0 Å². The number of aliphatic hydroxyl groups is 2. The molecule has 0 amide bonds. The Balaban J connectivity index is 1.80. The van der Waals surface area contributed by atoms with Crippen molar-refractivity contribution >= 4 is 21.6 Å². The highest BCUT2D eigenvalue weighted by atomic mass is 32.2. The molecule has 4 nitrogen and oxygen atoms in total. The molecular weight excluding hydrogens is 416 g/mol. The van der Waals surface area contributed by atoms with E-state index in [4.69, 9.17) is 0 Å². The Morgan fingerprint density at radius 3 is 1.43 bits per heavy atom. The second-order valence-electron chi connectivity index (χ2n) is 9.63. The molecule has 0 saturated carbocycles. The van der Waals surface area contributed by atoms with E-state index in [0.717, 1.165) is 58.1 Å². The number of hydrogen-bond acceptors (Lipinski definition) is 4. The van der Waals surface area contributed by atoms with Crippen molar-refractivity contribution in [2.24, 2.45) is 10.8 Å². The van der Waals surface area contributed by atoms with Crippen LogP contribution in [0, 0.1) is 10.8 Å². The Labute approximate surface area is 186 Å². The zero-order chi connectivity index (χ0) is 22.4. The largest absolute Gasteiger partial charge is 0.396 e. The molecule has 0 aromatic carbocycles. The molecule has 0 aromatic heterocycles. The van der Waals surface area contributed by atoms with E-state index in [2.05, 4.69) is 0 Å². The van der Waals surface area contributed by atoms with E-state index < -0.39 is 21.6 Å². The van der Waals surface area contributed by atoms with Crippen LogP contribution in [0.1, 0.15) is 66.2 Å². The fraction of sp³-hybridized carbons (Fsp3) is 0.583. The van der Waals surface area contributed by atoms with Crippen LogP contribution in [-0.4, -0.2) is 31.8 Å². The van der Waals surface area contributed by atoms with Gasteiger partial charge in [0.1, 0.15) is 0 Å². The summed E-state index contributed by atoms with van der Waals surface area (Å²) in [5, 5.41) is 18.7. The van der Waals surface area contributed by atoms with Gasteiger partial charge < -0.3 is 10.2 Å². The van der Waals surface area contributed by atoms with Gasteiger partial charge in [0.05, 0.1) is 21.6 Å². The molecule has 2 atom stereocenters. The number of hydrogen-bond donors (Lipinski definition) is 2. The third kappa shape index (κ3) is 7.26. The van der Waals surface area contributed by atoms with Gasteiger partial charge in [0.25, 0.3) is 0 Å². The molecule has 0 spiro atoms. The highest BCUT2D eigenvalue weighted by Gasteiger charge is 2.21. The highest BCUT2D eigenvalue weighted by molar-refractivity contribution is 7.93. The molecular formula is C24H36O4S2. The molecule has 2 rings (SSSR count). The molecule has 2 aliphatic rings. The Kier molecular flexibility index (Phi) is 9.22. The monoisotopic (exact) mass is 452 g/mol. The van der Waals surface area contributed by atoms with Crippen molar-refractivity contribution in [3.8, 4) is 0 Å². The van der Waals surface area contributed by atoms with Gasteiger partial charge in [-0.05, 0) is 85.8 Å². The predicted octanol–water partition coefficient (Wildman–Crippen LogP) is 4.98. The van der Waals surface area contributed by atoms with E-state index in [9.17, 15) is 18.6 Å². The minimum absolute atomic E-state index is 0.103. The molecule has 0 saturated heterocycles. The van der Waals surface area contributed by atoms with Crippen LogP contribution in [0.15, 0.2) is 56.1 Å². The van der Waals surface area contributed by atoms with E-state index in [-0.39, 0.29) is 24.0 Å². The smallest absolute Gasteiger partial charge is 0.0808 e. The van der Waals surface area contributed by atoms with Gasteiger partial charge in [-0.25, -0.2) is 8.42 Å². The minimum atomic E-state index is -1.16. The number of allylic oxidation sites excluding steroid dienone is 8. The van der Waals surface area contributed by atoms with E-state index in [1.54, 1.807) is 0 Å². The quantitative estimate of drug-likeness (QED) is 0.438. The molecule has 30 heavy (non-hydrogen) atoms. The van der Waals surface area contributed by atoms with Gasteiger partial charge in [-0.1, -0.05) is 27.7 Å². The van der Waals surface area contributed by atoms with E-state index in [0.29, 0.717) is 0 Å². The summed E-state index contributed by atoms with van der Waals surface area (Å²) in [6, 6.07) is 0. The third-order valence-electron chi connectivity index (χ3n) is 5.59. The third-order valence-corrected chi connectivity index (χ3v) is 8.63. The summed E-state index contributed by atoms with van der Waals surface area (Å²) >= 11 is 0. The molecule has 168 valence electrons. The summed E-state index contributed by atoms with van der Waals surface area (Å²) < 4.78 is 25.4. The zero-order valence-corrected chi connectivity index (χ0v) is 20.3. The van der Waals surface area contributed by atoms with Crippen molar-refractivity contribution in [3.63, 3.8) is 0 Å². The van der Waals surface area contributed by atoms with Crippen LogP contribution >= 0.6 is 0 Å². The van der Waals surface area contributed by atoms with E-state index in [1.165, 1.54) is 0 Å². The van der Waals surface area contributed by atoms with Gasteiger partial charge in [0, 0.05) is 32.8 Å². The molecule has 0 radical (unpaired) electrons. The standard InChI is InChI=1S/C24H36O4S2/c1-23(2,17-25)15-5-7-19-9-11-21(29(19)27)13-14-22-12-10-20(30(22)28)8-6-16-24(3,4)18-26/h9-14,25-26H,5-8,15-18H2,1-4H3. The van der Waals surface area contributed by atoms with E-state index >= 15 is 0 Å². The summed E-state index contributed by atoms with van der Waals surface area (Å²) in [5.74, 6) is 0. The fourth-order valence-corrected chi connectivity index (χ4v) is 5.71. The molecule has 2 unspecified atom stereocenters. The SMILES string of the molecule is CC(C)(CO)CCCC1=CC=C(C=CC2=CC=C(CCCC(C)(C)CO)S2=O)S1=O. The first-order valence-electron chi connectivity index (χ1n) is 10.6. The molecule has 2 N–H and O–H groups in total. The lowest BCUT2D eigenvalue weighted by atomic mass is 9.88. The fourth-order valence-electron chi connectivity index (χ4n) is 3.29. The number of aliphatic hydroxyl groups excluding tert-OH is 2. The lowest BCUT2D eigenvalue weighted by Gasteiger charge is -2.21. The van der Waals surface area contributed by atoms with Crippen LogP contribution in [0.25, 0.3) is 0 Å². The molecule has 0 aromatic rings. The van der Waals surface area contributed by atoms with Gasteiger partial charge in [-0.15, -0.1) is 0 Å². The summed E-state index contributed by atoms with van der Waals surface area (Å²) in [7, 11) is -2.32. The van der Waals surface area contributed by atoms with Gasteiger partial charge in [-0.2, -0.15) is 0 Å². The molecule has 0 fully saturated rings. The van der Waals surface area contributed by atoms with Crippen LogP contribution in [0.3, 0.4) is 0 Å². The average molecular weight is 453 g/mol. The summed E-state index contributed by atoms with van der Waals surface area (Å²) in [5.41, 5.74) is -0.206. The second kappa shape index (κ2) is 11.0. The zero-order valence-electron chi connectivity index (χ0n) is 18.6. The Bertz CT molecular complexity index is 758. The molecule has 0 bridgehead atoms. The second-order valence-corrected chi connectivity index (χ2v) is 12.7. The van der Waals surface area contributed by atoms with Crippen molar-refractivity contribution in [1.82, 2.24) is 0 Å².